The standard InChI is InChI=1S/C23H24O6S2/c1-23(2,15-3-7-17(8-4-15)26-11-19-13-30-21(24)28-19)16-5-9-18(10-6-16)27-12-20-14-31-22(25)29-20/h3-10,19-20H,11-14H2,1-2H3. The molecule has 2 unspecified atom stereocenters. The molecule has 31 heavy (non-hydrogen) atoms. The molecule has 164 valence electrons. The Morgan fingerprint density at radius 1 is 0.774 bits per heavy atom. The molecule has 0 radical (unpaired) electrons. The Hall–Kier alpha value is -2.32. The molecule has 0 N–H and O–H groups in total. The zero-order valence-corrected chi connectivity index (χ0v) is 19.0. The van der Waals surface area contributed by atoms with Crippen LogP contribution in [0, 0.1) is 0 Å². The van der Waals surface area contributed by atoms with Crippen molar-refractivity contribution in [2.45, 2.75) is 31.5 Å². The molecule has 0 saturated carbocycles. The molecule has 2 aliphatic heterocycles. The fraction of sp³-hybridized carbons (Fsp3) is 0.391. The summed E-state index contributed by atoms with van der Waals surface area (Å²) in [4.78, 5) is 22.3. The van der Waals surface area contributed by atoms with E-state index in [1.807, 2.05) is 24.3 Å². The van der Waals surface area contributed by atoms with Gasteiger partial charge in [0.1, 0.15) is 36.9 Å². The van der Waals surface area contributed by atoms with E-state index in [0.29, 0.717) is 24.7 Å². The van der Waals surface area contributed by atoms with Crippen LogP contribution in [-0.4, -0.2) is 47.5 Å². The third-order valence-electron chi connectivity index (χ3n) is 5.32. The van der Waals surface area contributed by atoms with Crippen LogP contribution < -0.4 is 9.47 Å². The second-order valence-electron chi connectivity index (χ2n) is 7.90. The Morgan fingerprint density at radius 3 is 1.48 bits per heavy atom. The highest BCUT2D eigenvalue weighted by Crippen LogP contribution is 2.33. The minimum absolute atomic E-state index is 0.186. The number of benzene rings is 2. The van der Waals surface area contributed by atoms with Crippen molar-refractivity contribution in [2.24, 2.45) is 0 Å². The van der Waals surface area contributed by atoms with Gasteiger partial charge in [0.2, 0.25) is 0 Å². The van der Waals surface area contributed by atoms with Gasteiger partial charge in [-0.3, -0.25) is 0 Å². The summed E-state index contributed by atoms with van der Waals surface area (Å²) in [6.07, 6.45) is -0.373. The van der Waals surface area contributed by atoms with E-state index in [-0.39, 0.29) is 28.2 Å². The van der Waals surface area contributed by atoms with Crippen molar-refractivity contribution in [3.8, 4) is 11.5 Å². The number of ether oxygens (including phenoxy) is 4. The van der Waals surface area contributed by atoms with E-state index < -0.39 is 0 Å². The van der Waals surface area contributed by atoms with Gasteiger partial charge in [0, 0.05) is 16.9 Å². The number of cyclic esters (lactones) is 2. The third-order valence-corrected chi connectivity index (χ3v) is 7.06. The Labute approximate surface area is 190 Å². The van der Waals surface area contributed by atoms with Gasteiger partial charge < -0.3 is 18.9 Å². The molecule has 4 rings (SSSR count). The molecule has 2 aromatic rings. The first-order valence-corrected chi connectivity index (χ1v) is 12.0. The lowest BCUT2D eigenvalue weighted by Gasteiger charge is -2.26. The summed E-state index contributed by atoms with van der Waals surface area (Å²) in [5.41, 5.74) is 2.12. The van der Waals surface area contributed by atoms with Crippen LogP contribution in [-0.2, 0) is 14.9 Å². The van der Waals surface area contributed by atoms with Crippen LogP contribution in [0.1, 0.15) is 25.0 Å². The highest BCUT2D eigenvalue weighted by atomic mass is 32.2. The average Bonchev–Trinajstić information content (AvgIpc) is 3.39. The predicted octanol–water partition coefficient (Wildman–Crippen LogP) is 5.27. The van der Waals surface area contributed by atoms with Gasteiger partial charge in [-0.15, -0.1) is 0 Å². The van der Waals surface area contributed by atoms with Crippen molar-refractivity contribution < 1.29 is 28.5 Å². The highest BCUT2D eigenvalue weighted by Gasteiger charge is 2.26. The van der Waals surface area contributed by atoms with Crippen molar-refractivity contribution >= 4 is 34.1 Å². The highest BCUT2D eigenvalue weighted by molar-refractivity contribution is 8.13. The molecule has 2 heterocycles. The largest absolute Gasteiger partial charge is 0.490 e. The number of carbonyl (C=O) groups is 2. The van der Waals surface area contributed by atoms with Gasteiger partial charge in [0.05, 0.1) is 0 Å². The minimum atomic E-state index is -0.233. The molecule has 2 atom stereocenters. The quantitative estimate of drug-likeness (QED) is 0.493. The summed E-state index contributed by atoms with van der Waals surface area (Å²) in [7, 11) is 0. The maximum atomic E-state index is 11.1. The number of carbonyl (C=O) groups excluding carboxylic acids is 2. The van der Waals surface area contributed by atoms with E-state index in [4.69, 9.17) is 18.9 Å². The van der Waals surface area contributed by atoms with Crippen molar-refractivity contribution in [1.29, 1.82) is 0 Å². The van der Waals surface area contributed by atoms with Crippen LogP contribution in [0.15, 0.2) is 48.5 Å². The lowest BCUT2D eigenvalue weighted by atomic mass is 9.78. The summed E-state index contributed by atoms with van der Waals surface area (Å²) in [6.45, 7) is 5.07. The predicted molar refractivity (Wildman–Crippen MR) is 121 cm³/mol. The summed E-state index contributed by atoms with van der Waals surface area (Å²) in [5.74, 6) is 2.77. The maximum absolute atomic E-state index is 11.1. The van der Waals surface area contributed by atoms with E-state index in [1.54, 1.807) is 0 Å². The Kier molecular flexibility index (Phi) is 6.67. The lowest BCUT2D eigenvalue weighted by molar-refractivity contribution is 0.105. The fourth-order valence-corrected chi connectivity index (χ4v) is 4.76. The Morgan fingerprint density at radius 2 is 1.16 bits per heavy atom. The summed E-state index contributed by atoms with van der Waals surface area (Å²) >= 11 is 2.37. The van der Waals surface area contributed by atoms with Crippen LogP contribution in [0.5, 0.6) is 11.5 Å². The third kappa shape index (κ3) is 5.49. The van der Waals surface area contributed by atoms with Gasteiger partial charge in [-0.25, -0.2) is 9.59 Å². The van der Waals surface area contributed by atoms with Gasteiger partial charge in [-0.2, -0.15) is 0 Å². The van der Waals surface area contributed by atoms with Crippen LogP contribution in [0.3, 0.4) is 0 Å². The van der Waals surface area contributed by atoms with Crippen LogP contribution in [0.4, 0.5) is 9.59 Å². The van der Waals surface area contributed by atoms with Gasteiger partial charge in [0.15, 0.2) is 0 Å². The van der Waals surface area contributed by atoms with Gasteiger partial charge in [-0.1, -0.05) is 38.1 Å². The maximum Gasteiger partial charge on any atom is 0.367 e. The van der Waals surface area contributed by atoms with Gasteiger partial charge >= 0.3 is 10.6 Å². The molecule has 2 aliphatic rings. The first-order valence-electron chi connectivity index (χ1n) is 10.0. The lowest BCUT2D eigenvalue weighted by Crippen LogP contribution is -2.21. The monoisotopic (exact) mass is 460 g/mol. The molecular formula is C23H24O6S2. The molecule has 8 heteroatoms. The molecule has 0 bridgehead atoms. The topological polar surface area (TPSA) is 71.1 Å². The zero-order chi connectivity index (χ0) is 21.8. The van der Waals surface area contributed by atoms with E-state index in [2.05, 4.69) is 38.1 Å². The van der Waals surface area contributed by atoms with E-state index >= 15 is 0 Å². The van der Waals surface area contributed by atoms with E-state index in [9.17, 15) is 9.59 Å². The number of thioether (sulfide) groups is 2. The zero-order valence-electron chi connectivity index (χ0n) is 17.4. The summed E-state index contributed by atoms with van der Waals surface area (Å²) < 4.78 is 21.8. The summed E-state index contributed by atoms with van der Waals surface area (Å²) in [5, 5.41) is -0.467. The first kappa shape index (κ1) is 21.9. The van der Waals surface area contributed by atoms with Crippen molar-refractivity contribution in [2.75, 3.05) is 24.7 Å². The second-order valence-corrected chi connectivity index (χ2v) is 9.81. The van der Waals surface area contributed by atoms with Crippen molar-refractivity contribution in [3.63, 3.8) is 0 Å². The molecule has 2 saturated heterocycles. The molecule has 0 aliphatic carbocycles. The number of rotatable bonds is 8. The summed E-state index contributed by atoms with van der Waals surface area (Å²) in [6, 6.07) is 16.0. The van der Waals surface area contributed by atoms with Gasteiger partial charge in [-0.05, 0) is 58.9 Å². The number of hydrogen-bond donors (Lipinski definition) is 0. The average molecular weight is 461 g/mol. The molecule has 2 aromatic carbocycles. The molecule has 0 amide bonds. The van der Waals surface area contributed by atoms with Crippen LogP contribution in [0.25, 0.3) is 0 Å². The second kappa shape index (κ2) is 9.44. The fourth-order valence-electron chi connectivity index (χ4n) is 3.38. The molecule has 0 aromatic heterocycles. The Balaban J connectivity index is 1.33. The Bertz CT molecular complexity index is 851. The van der Waals surface area contributed by atoms with Crippen molar-refractivity contribution in [3.05, 3.63) is 59.7 Å². The smallest absolute Gasteiger partial charge is 0.367 e. The normalized spacial score (nSPS) is 21.0. The van der Waals surface area contributed by atoms with Crippen LogP contribution >= 0.6 is 23.5 Å². The van der Waals surface area contributed by atoms with Gasteiger partial charge in [0.25, 0.3) is 0 Å². The number of hydrogen-bond acceptors (Lipinski definition) is 8. The van der Waals surface area contributed by atoms with Crippen LogP contribution in [0.2, 0.25) is 0 Å². The van der Waals surface area contributed by atoms with E-state index in [1.165, 1.54) is 23.5 Å². The molecule has 0 spiro atoms. The van der Waals surface area contributed by atoms with Crippen molar-refractivity contribution in [1.82, 2.24) is 0 Å². The molecular weight excluding hydrogens is 436 g/mol. The van der Waals surface area contributed by atoms with E-state index in [0.717, 1.165) is 22.6 Å². The first-order chi connectivity index (χ1) is 14.9. The molecule has 2 fully saturated rings. The molecule has 6 nitrogen and oxygen atoms in total. The SMILES string of the molecule is CC(C)(c1ccc(OCC2CSC(=O)O2)cc1)c1ccc(OCC2CSC(=O)O2)cc1. The minimum Gasteiger partial charge on any atom is -0.490 e.